The van der Waals surface area contributed by atoms with Gasteiger partial charge in [0.1, 0.15) is 11.6 Å². The number of hydrogen-bond acceptors (Lipinski definition) is 3. The van der Waals surface area contributed by atoms with Gasteiger partial charge in [-0.05, 0) is 30.8 Å². The molecule has 0 saturated heterocycles. The van der Waals surface area contributed by atoms with Crippen LogP contribution in [-0.2, 0) is 6.42 Å². The molecule has 0 atom stereocenters. The summed E-state index contributed by atoms with van der Waals surface area (Å²) in [5.74, 6) is 1.83. The molecule has 1 aromatic heterocycles. The number of nitrogens with zero attached hydrogens (tertiary/aromatic N) is 2. The number of benzene rings is 1. The largest absolute Gasteiger partial charge is 0.497 e. The number of imidazole rings is 1. The third-order valence-corrected chi connectivity index (χ3v) is 2.44. The van der Waals surface area contributed by atoms with Gasteiger partial charge in [-0.1, -0.05) is 0 Å². The lowest BCUT2D eigenvalue weighted by Gasteiger charge is -2.07. The highest BCUT2D eigenvalue weighted by Gasteiger charge is 2.03. The summed E-state index contributed by atoms with van der Waals surface area (Å²) in [6.07, 6.45) is 4.50. The van der Waals surface area contributed by atoms with Gasteiger partial charge in [0.15, 0.2) is 0 Å². The first kappa shape index (κ1) is 10.7. The fraction of sp³-hybridized carbons (Fsp3) is 0.250. The van der Waals surface area contributed by atoms with Crippen molar-refractivity contribution in [3.8, 4) is 11.4 Å². The quantitative estimate of drug-likeness (QED) is 0.841. The molecule has 0 unspecified atom stereocenters. The lowest BCUT2D eigenvalue weighted by Crippen LogP contribution is -2.08. The standard InChI is InChI=1S/C12H15N3O/c1-16-11-4-2-10(3-5-11)15-9-8-14-12(15)6-7-13/h2-5,8-9H,6-7,13H2,1H3. The van der Waals surface area contributed by atoms with Crippen LogP contribution in [0.5, 0.6) is 5.75 Å². The predicted octanol–water partition coefficient (Wildman–Crippen LogP) is 1.38. The van der Waals surface area contributed by atoms with E-state index in [1.807, 2.05) is 35.0 Å². The van der Waals surface area contributed by atoms with Crippen molar-refractivity contribution in [1.82, 2.24) is 9.55 Å². The van der Waals surface area contributed by atoms with Crippen LogP contribution in [0.3, 0.4) is 0 Å². The Bertz CT molecular complexity index is 448. The van der Waals surface area contributed by atoms with Gasteiger partial charge in [0.05, 0.1) is 7.11 Å². The van der Waals surface area contributed by atoms with Crippen molar-refractivity contribution in [2.45, 2.75) is 6.42 Å². The highest BCUT2D eigenvalue weighted by molar-refractivity contribution is 5.38. The van der Waals surface area contributed by atoms with E-state index in [4.69, 9.17) is 10.5 Å². The summed E-state index contributed by atoms with van der Waals surface area (Å²) in [4.78, 5) is 4.28. The molecule has 0 bridgehead atoms. The molecule has 1 heterocycles. The number of hydrogen-bond donors (Lipinski definition) is 1. The van der Waals surface area contributed by atoms with Gasteiger partial charge in [0.2, 0.25) is 0 Å². The molecule has 2 aromatic rings. The number of aromatic nitrogens is 2. The van der Waals surface area contributed by atoms with Crippen molar-refractivity contribution in [3.05, 3.63) is 42.5 Å². The summed E-state index contributed by atoms with van der Waals surface area (Å²) in [7, 11) is 1.66. The summed E-state index contributed by atoms with van der Waals surface area (Å²) in [5, 5.41) is 0. The van der Waals surface area contributed by atoms with Crippen LogP contribution >= 0.6 is 0 Å². The van der Waals surface area contributed by atoms with Crippen LogP contribution in [0, 0.1) is 0 Å². The van der Waals surface area contributed by atoms with Crippen molar-refractivity contribution >= 4 is 0 Å². The number of methoxy groups -OCH3 is 1. The Kier molecular flexibility index (Phi) is 3.22. The average Bonchev–Trinajstić information content (AvgIpc) is 2.78. The highest BCUT2D eigenvalue weighted by atomic mass is 16.5. The van der Waals surface area contributed by atoms with Gasteiger partial charge >= 0.3 is 0 Å². The van der Waals surface area contributed by atoms with Gasteiger partial charge in [-0.2, -0.15) is 0 Å². The van der Waals surface area contributed by atoms with Crippen molar-refractivity contribution < 1.29 is 4.74 Å². The van der Waals surface area contributed by atoms with E-state index in [0.29, 0.717) is 6.54 Å². The Morgan fingerprint density at radius 2 is 2.06 bits per heavy atom. The van der Waals surface area contributed by atoms with Gasteiger partial charge < -0.3 is 15.0 Å². The Hall–Kier alpha value is -1.81. The van der Waals surface area contributed by atoms with Gasteiger partial charge in [-0.25, -0.2) is 4.98 Å². The van der Waals surface area contributed by atoms with Gasteiger partial charge in [0, 0.05) is 24.5 Å². The minimum atomic E-state index is 0.604. The third kappa shape index (κ3) is 2.06. The maximum absolute atomic E-state index is 5.54. The van der Waals surface area contributed by atoms with E-state index in [-0.39, 0.29) is 0 Å². The minimum absolute atomic E-state index is 0.604. The third-order valence-electron chi connectivity index (χ3n) is 2.44. The first-order valence-electron chi connectivity index (χ1n) is 5.22. The summed E-state index contributed by atoms with van der Waals surface area (Å²) < 4.78 is 7.15. The Labute approximate surface area is 94.7 Å². The monoisotopic (exact) mass is 217 g/mol. The number of nitrogens with two attached hydrogens (primary N) is 1. The molecular weight excluding hydrogens is 202 g/mol. The van der Waals surface area contributed by atoms with Crippen LogP contribution in [0.25, 0.3) is 5.69 Å². The van der Waals surface area contributed by atoms with Crippen molar-refractivity contribution in [3.63, 3.8) is 0 Å². The molecule has 0 aliphatic carbocycles. The molecule has 1 aromatic carbocycles. The zero-order chi connectivity index (χ0) is 11.4. The Morgan fingerprint density at radius 3 is 2.69 bits per heavy atom. The van der Waals surface area contributed by atoms with Crippen LogP contribution in [0.15, 0.2) is 36.7 Å². The molecule has 0 spiro atoms. The second-order valence-electron chi connectivity index (χ2n) is 3.45. The summed E-state index contributed by atoms with van der Waals surface area (Å²) >= 11 is 0. The van der Waals surface area contributed by atoms with E-state index in [2.05, 4.69) is 4.98 Å². The smallest absolute Gasteiger partial charge is 0.119 e. The van der Waals surface area contributed by atoms with Gasteiger partial charge in [-0.15, -0.1) is 0 Å². The van der Waals surface area contributed by atoms with Gasteiger partial charge in [0.25, 0.3) is 0 Å². The van der Waals surface area contributed by atoms with Crippen molar-refractivity contribution in [1.29, 1.82) is 0 Å². The summed E-state index contributed by atoms with van der Waals surface area (Å²) in [5.41, 5.74) is 6.61. The van der Waals surface area contributed by atoms with E-state index >= 15 is 0 Å². The molecule has 0 aliphatic heterocycles. The van der Waals surface area contributed by atoms with Crippen molar-refractivity contribution in [2.75, 3.05) is 13.7 Å². The lowest BCUT2D eigenvalue weighted by molar-refractivity contribution is 0.414. The molecule has 4 nitrogen and oxygen atoms in total. The normalized spacial score (nSPS) is 10.4. The first-order chi connectivity index (χ1) is 7.85. The van der Waals surface area contributed by atoms with E-state index in [9.17, 15) is 0 Å². The summed E-state index contributed by atoms with van der Waals surface area (Å²) in [6.45, 7) is 0.604. The zero-order valence-electron chi connectivity index (χ0n) is 9.26. The molecule has 0 radical (unpaired) electrons. The highest BCUT2D eigenvalue weighted by Crippen LogP contribution is 2.16. The lowest BCUT2D eigenvalue weighted by atomic mass is 10.3. The molecule has 0 amide bonds. The molecule has 0 fully saturated rings. The second-order valence-corrected chi connectivity index (χ2v) is 3.45. The fourth-order valence-electron chi connectivity index (χ4n) is 1.63. The number of ether oxygens (including phenoxy) is 1. The van der Waals surface area contributed by atoms with Gasteiger partial charge in [-0.3, -0.25) is 0 Å². The average molecular weight is 217 g/mol. The maximum Gasteiger partial charge on any atom is 0.119 e. The van der Waals surface area contributed by atoms with E-state index in [0.717, 1.165) is 23.7 Å². The van der Waals surface area contributed by atoms with E-state index in [1.165, 1.54) is 0 Å². The zero-order valence-corrected chi connectivity index (χ0v) is 9.26. The van der Waals surface area contributed by atoms with Crippen LogP contribution in [0.1, 0.15) is 5.82 Å². The molecular formula is C12H15N3O. The van der Waals surface area contributed by atoms with Crippen LogP contribution < -0.4 is 10.5 Å². The van der Waals surface area contributed by atoms with Crippen LogP contribution in [-0.4, -0.2) is 23.2 Å². The predicted molar refractivity (Wildman–Crippen MR) is 62.9 cm³/mol. The molecule has 2 rings (SSSR count). The van der Waals surface area contributed by atoms with E-state index < -0.39 is 0 Å². The topological polar surface area (TPSA) is 53.1 Å². The minimum Gasteiger partial charge on any atom is -0.497 e. The molecule has 0 saturated carbocycles. The Balaban J connectivity index is 2.31. The first-order valence-corrected chi connectivity index (χ1v) is 5.22. The van der Waals surface area contributed by atoms with Crippen LogP contribution in [0.2, 0.25) is 0 Å². The number of rotatable bonds is 4. The SMILES string of the molecule is COc1ccc(-n2ccnc2CCN)cc1. The molecule has 0 aliphatic rings. The molecule has 4 heteroatoms. The molecule has 16 heavy (non-hydrogen) atoms. The maximum atomic E-state index is 5.54. The van der Waals surface area contributed by atoms with E-state index in [1.54, 1.807) is 13.3 Å². The van der Waals surface area contributed by atoms with Crippen molar-refractivity contribution in [2.24, 2.45) is 5.73 Å². The molecule has 84 valence electrons. The fourth-order valence-corrected chi connectivity index (χ4v) is 1.63. The Morgan fingerprint density at radius 1 is 1.31 bits per heavy atom. The van der Waals surface area contributed by atoms with Crippen LogP contribution in [0.4, 0.5) is 0 Å². The summed E-state index contributed by atoms with van der Waals surface area (Å²) in [6, 6.07) is 7.87. The second kappa shape index (κ2) is 4.81. The molecule has 2 N–H and O–H groups in total.